The van der Waals surface area contributed by atoms with Crippen molar-refractivity contribution in [3.63, 3.8) is 0 Å². The van der Waals surface area contributed by atoms with Crippen molar-refractivity contribution in [3.05, 3.63) is 0 Å². The van der Waals surface area contributed by atoms with Crippen LogP contribution in [0, 0.1) is 11.5 Å². The average Bonchev–Trinajstić information content (AvgIpc) is 2.04. The Hall–Kier alpha value is -0.750. The number of rotatable bonds is 1. The maximum atomic E-state index is 8.68. The lowest BCUT2D eigenvalue weighted by atomic mass is 10.2. The molecule has 0 bridgehead atoms. The molecule has 0 unspecified atom stereocenters. The minimum Gasteiger partial charge on any atom is -0.305 e. The first-order chi connectivity index (χ1) is 5.27. The Bertz CT molecular complexity index is 161. The molecule has 0 saturated carbocycles. The van der Waals surface area contributed by atoms with E-state index >= 15 is 0 Å². The molecule has 0 N–H and O–H groups in total. The number of nitriles is 1. The predicted octanol–water partition coefficient (Wildman–Crippen LogP) is 0.493. The number of hydrogen-bond donors (Lipinski definition) is 0. The van der Waals surface area contributed by atoms with Crippen LogP contribution in [-0.4, -0.2) is 42.0 Å². The zero-order valence-electron chi connectivity index (χ0n) is 7.25. The normalized spacial score (nSPS) is 26.6. The van der Waals surface area contributed by atoms with Gasteiger partial charge in [-0.05, 0) is 13.5 Å². The lowest BCUT2D eigenvalue weighted by Crippen LogP contribution is -2.49. The summed E-state index contributed by atoms with van der Waals surface area (Å²) in [4.78, 5) is 4.23. The van der Waals surface area contributed by atoms with Gasteiger partial charge in [0.15, 0.2) is 6.19 Å². The second-order valence-electron chi connectivity index (χ2n) is 3.04. The second kappa shape index (κ2) is 3.59. The molecule has 1 aliphatic heterocycles. The maximum Gasteiger partial charge on any atom is 0.179 e. The van der Waals surface area contributed by atoms with Crippen LogP contribution >= 0.6 is 0 Å². The van der Waals surface area contributed by atoms with Gasteiger partial charge in [-0.15, -0.1) is 0 Å². The molecule has 1 heterocycles. The topological polar surface area (TPSA) is 30.3 Å². The first kappa shape index (κ1) is 8.35. The molecule has 1 atom stereocenters. The quantitative estimate of drug-likeness (QED) is 0.514. The Morgan fingerprint density at radius 1 is 1.55 bits per heavy atom. The average molecular weight is 153 g/mol. The predicted molar refractivity (Wildman–Crippen MR) is 43.9 cm³/mol. The molecular weight excluding hydrogens is 138 g/mol. The van der Waals surface area contributed by atoms with Gasteiger partial charge in [-0.3, -0.25) is 4.90 Å². The van der Waals surface area contributed by atoms with E-state index in [0.717, 1.165) is 26.2 Å². The highest BCUT2D eigenvalue weighted by Crippen LogP contribution is 2.06. The lowest BCUT2D eigenvalue weighted by Gasteiger charge is -2.35. The molecule has 1 saturated heterocycles. The van der Waals surface area contributed by atoms with Gasteiger partial charge in [-0.1, -0.05) is 6.92 Å². The number of nitrogens with zero attached hydrogens (tertiary/aromatic N) is 3. The highest BCUT2D eigenvalue weighted by atomic mass is 15.3. The van der Waals surface area contributed by atoms with E-state index in [1.54, 1.807) is 0 Å². The highest BCUT2D eigenvalue weighted by Gasteiger charge is 2.20. The molecule has 62 valence electrons. The van der Waals surface area contributed by atoms with Gasteiger partial charge in [0.05, 0.1) is 0 Å². The van der Waals surface area contributed by atoms with Crippen molar-refractivity contribution >= 4 is 0 Å². The summed E-state index contributed by atoms with van der Waals surface area (Å²) in [5.41, 5.74) is 0. The Kier molecular flexibility index (Phi) is 2.72. The molecule has 3 nitrogen and oxygen atoms in total. The SMILES string of the molecule is CCN1CCN(C#N)[C@@H](C)C1. The smallest absolute Gasteiger partial charge is 0.179 e. The number of likely N-dealkylation sites (N-methyl/N-ethyl adjacent to an activating group) is 1. The summed E-state index contributed by atoms with van der Waals surface area (Å²) < 4.78 is 0. The van der Waals surface area contributed by atoms with E-state index in [9.17, 15) is 0 Å². The second-order valence-corrected chi connectivity index (χ2v) is 3.04. The van der Waals surface area contributed by atoms with Gasteiger partial charge in [0.2, 0.25) is 0 Å². The largest absolute Gasteiger partial charge is 0.305 e. The van der Waals surface area contributed by atoms with Gasteiger partial charge in [-0.25, -0.2) is 0 Å². The van der Waals surface area contributed by atoms with Crippen LogP contribution in [0.3, 0.4) is 0 Å². The van der Waals surface area contributed by atoms with E-state index < -0.39 is 0 Å². The van der Waals surface area contributed by atoms with Gasteiger partial charge in [0, 0.05) is 25.7 Å². The fourth-order valence-corrected chi connectivity index (χ4v) is 1.47. The van der Waals surface area contributed by atoms with Crippen LogP contribution in [0.15, 0.2) is 0 Å². The van der Waals surface area contributed by atoms with Crippen LogP contribution in [-0.2, 0) is 0 Å². The lowest BCUT2D eigenvalue weighted by molar-refractivity contribution is 0.132. The summed E-state index contributed by atoms with van der Waals surface area (Å²) >= 11 is 0. The van der Waals surface area contributed by atoms with Crippen LogP contribution in [0.2, 0.25) is 0 Å². The Morgan fingerprint density at radius 2 is 2.27 bits per heavy atom. The number of piperazine rings is 1. The molecule has 1 aliphatic rings. The molecular formula is C8H15N3. The molecule has 0 aliphatic carbocycles. The zero-order chi connectivity index (χ0) is 8.27. The standard InChI is InChI=1S/C8H15N3/c1-3-10-4-5-11(7-9)8(2)6-10/h8H,3-6H2,1-2H3/t8-/m0/s1. The summed E-state index contributed by atoms with van der Waals surface area (Å²) in [7, 11) is 0. The van der Waals surface area contributed by atoms with Gasteiger partial charge in [0.25, 0.3) is 0 Å². The van der Waals surface area contributed by atoms with Crippen LogP contribution in [0.25, 0.3) is 0 Å². The summed E-state index contributed by atoms with van der Waals surface area (Å²) in [5, 5.41) is 8.68. The van der Waals surface area contributed by atoms with Crippen molar-refractivity contribution in [1.29, 1.82) is 5.26 Å². The number of hydrogen-bond acceptors (Lipinski definition) is 3. The summed E-state index contributed by atoms with van der Waals surface area (Å²) in [6.45, 7) is 8.33. The zero-order valence-corrected chi connectivity index (χ0v) is 7.25. The monoisotopic (exact) mass is 153 g/mol. The molecule has 1 fully saturated rings. The summed E-state index contributed by atoms with van der Waals surface area (Å²) in [5.74, 6) is 0. The third kappa shape index (κ3) is 1.84. The highest BCUT2D eigenvalue weighted by molar-refractivity contribution is 4.86. The summed E-state index contributed by atoms with van der Waals surface area (Å²) in [6, 6.07) is 0.397. The Morgan fingerprint density at radius 3 is 2.73 bits per heavy atom. The minimum atomic E-state index is 0.397. The Labute approximate surface area is 68.2 Å². The van der Waals surface area contributed by atoms with Gasteiger partial charge in [0.1, 0.15) is 0 Å². The van der Waals surface area contributed by atoms with Crippen LogP contribution < -0.4 is 0 Å². The third-order valence-electron chi connectivity index (χ3n) is 2.29. The molecule has 0 spiro atoms. The Balaban J connectivity index is 2.42. The van der Waals surface area contributed by atoms with E-state index in [1.165, 1.54) is 0 Å². The molecule has 0 radical (unpaired) electrons. The molecule has 3 heteroatoms. The van der Waals surface area contributed by atoms with E-state index in [-0.39, 0.29) is 0 Å². The van der Waals surface area contributed by atoms with Crippen molar-refractivity contribution in [2.75, 3.05) is 26.2 Å². The molecule has 1 rings (SSSR count). The minimum absolute atomic E-state index is 0.397. The fourth-order valence-electron chi connectivity index (χ4n) is 1.47. The molecule has 0 aromatic carbocycles. The van der Waals surface area contributed by atoms with Crippen molar-refractivity contribution in [2.24, 2.45) is 0 Å². The van der Waals surface area contributed by atoms with E-state index in [1.807, 2.05) is 4.90 Å². The first-order valence-corrected chi connectivity index (χ1v) is 4.16. The van der Waals surface area contributed by atoms with Crippen molar-refractivity contribution in [2.45, 2.75) is 19.9 Å². The van der Waals surface area contributed by atoms with E-state index in [4.69, 9.17) is 5.26 Å². The molecule has 0 amide bonds. The molecule has 0 aromatic rings. The first-order valence-electron chi connectivity index (χ1n) is 4.16. The third-order valence-corrected chi connectivity index (χ3v) is 2.29. The van der Waals surface area contributed by atoms with E-state index in [2.05, 4.69) is 24.9 Å². The van der Waals surface area contributed by atoms with Crippen molar-refractivity contribution in [3.8, 4) is 6.19 Å². The van der Waals surface area contributed by atoms with Crippen molar-refractivity contribution < 1.29 is 0 Å². The van der Waals surface area contributed by atoms with Gasteiger partial charge in [-0.2, -0.15) is 5.26 Å². The fraction of sp³-hybridized carbons (Fsp3) is 0.875. The molecule has 0 aromatic heterocycles. The maximum absolute atomic E-state index is 8.68. The van der Waals surface area contributed by atoms with Crippen molar-refractivity contribution in [1.82, 2.24) is 9.80 Å². The summed E-state index contributed by atoms with van der Waals surface area (Å²) in [6.07, 6.45) is 2.20. The van der Waals surface area contributed by atoms with Gasteiger partial charge >= 0.3 is 0 Å². The van der Waals surface area contributed by atoms with Crippen LogP contribution in [0.5, 0.6) is 0 Å². The van der Waals surface area contributed by atoms with Crippen LogP contribution in [0.4, 0.5) is 0 Å². The van der Waals surface area contributed by atoms with E-state index in [0.29, 0.717) is 6.04 Å². The van der Waals surface area contributed by atoms with Crippen LogP contribution in [0.1, 0.15) is 13.8 Å². The molecule has 11 heavy (non-hydrogen) atoms. The van der Waals surface area contributed by atoms with Gasteiger partial charge < -0.3 is 4.90 Å².